The van der Waals surface area contributed by atoms with Gasteiger partial charge in [0.25, 0.3) is 0 Å². The van der Waals surface area contributed by atoms with Crippen LogP contribution in [0.3, 0.4) is 0 Å². The standard InChI is InChI=1S/C15H18Br2O2SSe/c1-3-5-6-7-9(4-2)19-15(18)11-8-10-12(20-11)14(17)21-13(10)16/h8-9H,3-7H2,1-2H3. The molecule has 0 bridgehead atoms. The fourth-order valence-electron chi connectivity index (χ4n) is 2.14. The second-order valence-corrected chi connectivity index (χ2v) is 12.1. The van der Waals surface area contributed by atoms with Crippen molar-refractivity contribution in [2.75, 3.05) is 0 Å². The quantitative estimate of drug-likeness (QED) is 0.265. The van der Waals surface area contributed by atoms with Gasteiger partial charge in [0.1, 0.15) is 0 Å². The Morgan fingerprint density at radius 2 is 2.10 bits per heavy atom. The van der Waals surface area contributed by atoms with Crippen LogP contribution < -0.4 is 0 Å². The van der Waals surface area contributed by atoms with E-state index in [0.717, 1.165) is 24.6 Å². The van der Waals surface area contributed by atoms with Gasteiger partial charge in [0.15, 0.2) is 0 Å². The number of esters is 1. The van der Waals surface area contributed by atoms with Gasteiger partial charge in [-0.3, -0.25) is 0 Å². The molecule has 116 valence electrons. The number of hydrogen-bond donors (Lipinski definition) is 0. The third-order valence-corrected chi connectivity index (χ3v) is 9.20. The number of thiophene rings is 1. The maximum absolute atomic E-state index is 12.3. The van der Waals surface area contributed by atoms with Crippen LogP contribution in [0.4, 0.5) is 0 Å². The fraction of sp³-hybridized carbons (Fsp3) is 0.533. The van der Waals surface area contributed by atoms with E-state index in [1.165, 1.54) is 35.6 Å². The zero-order valence-corrected chi connectivity index (χ0v) is 17.8. The number of carbonyl (C=O) groups excluding carboxylic acids is 1. The predicted octanol–water partition coefficient (Wildman–Crippen LogP) is 6.00. The van der Waals surface area contributed by atoms with Crippen molar-refractivity contribution in [2.45, 2.75) is 52.1 Å². The molecule has 0 aromatic carbocycles. The third-order valence-electron chi connectivity index (χ3n) is 3.36. The van der Waals surface area contributed by atoms with Gasteiger partial charge in [-0.2, -0.15) is 0 Å². The Morgan fingerprint density at radius 1 is 1.33 bits per heavy atom. The molecule has 0 amide bonds. The van der Waals surface area contributed by atoms with Crippen molar-refractivity contribution < 1.29 is 9.53 Å². The first-order chi connectivity index (χ1) is 10.1. The maximum atomic E-state index is 12.3. The van der Waals surface area contributed by atoms with Crippen molar-refractivity contribution in [3.8, 4) is 0 Å². The molecule has 0 aliphatic carbocycles. The van der Waals surface area contributed by atoms with E-state index >= 15 is 0 Å². The summed E-state index contributed by atoms with van der Waals surface area (Å²) in [5.74, 6) is -0.175. The summed E-state index contributed by atoms with van der Waals surface area (Å²) < 4.78 is 9.24. The van der Waals surface area contributed by atoms with E-state index in [1.807, 2.05) is 6.07 Å². The molecule has 0 radical (unpaired) electrons. The van der Waals surface area contributed by atoms with Crippen molar-refractivity contribution >= 4 is 73.8 Å². The van der Waals surface area contributed by atoms with Crippen LogP contribution >= 0.6 is 43.2 Å². The third kappa shape index (κ3) is 4.44. The summed E-state index contributed by atoms with van der Waals surface area (Å²) in [5, 5.41) is 1.15. The summed E-state index contributed by atoms with van der Waals surface area (Å²) in [5.41, 5.74) is 0. The molecule has 0 N–H and O–H groups in total. The predicted molar refractivity (Wildman–Crippen MR) is 97.8 cm³/mol. The summed E-state index contributed by atoms with van der Waals surface area (Å²) in [6.45, 7) is 4.26. The van der Waals surface area contributed by atoms with E-state index < -0.39 is 0 Å². The number of carbonyl (C=O) groups is 1. The Hall–Kier alpha value is 0.389. The molecule has 6 heteroatoms. The summed E-state index contributed by atoms with van der Waals surface area (Å²) in [6.07, 6.45) is 5.42. The normalized spacial score (nSPS) is 12.8. The molecular formula is C15H18Br2O2SSe. The van der Waals surface area contributed by atoms with Gasteiger partial charge in [-0.15, -0.1) is 0 Å². The van der Waals surface area contributed by atoms with Crippen LogP contribution in [0.25, 0.3) is 10.1 Å². The van der Waals surface area contributed by atoms with Crippen LogP contribution in [0.5, 0.6) is 0 Å². The average Bonchev–Trinajstić information content (AvgIpc) is 3.00. The molecule has 2 rings (SSSR count). The molecule has 0 spiro atoms. The van der Waals surface area contributed by atoms with Gasteiger partial charge in [0, 0.05) is 0 Å². The second-order valence-electron chi connectivity index (χ2n) is 4.93. The van der Waals surface area contributed by atoms with Crippen LogP contribution in [-0.2, 0) is 4.74 Å². The van der Waals surface area contributed by atoms with Crippen molar-refractivity contribution in [2.24, 2.45) is 0 Å². The van der Waals surface area contributed by atoms with Crippen molar-refractivity contribution in [1.82, 2.24) is 0 Å². The number of unbranched alkanes of at least 4 members (excludes halogenated alkanes) is 2. The van der Waals surface area contributed by atoms with Gasteiger partial charge >= 0.3 is 153 Å². The Labute approximate surface area is 152 Å². The van der Waals surface area contributed by atoms with Gasteiger partial charge in [0.05, 0.1) is 0 Å². The van der Waals surface area contributed by atoms with E-state index in [4.69, 9.17) is 4.74 Å². The SMILES string of the molecule is CCCCCC(CC)OC(=O)c1cc2c(Br)[se]c(Br)c2s1. The van der Waals surface area contributed by atoms with Gasteiger partial charge in [-0.1, -0.05) is 0 Å². The number of halogens is 2. The van der Waals surface area contributed by atoms with E-state index in [1.54, 1.807) is 0 Å². The molecule has 2 aromatic heterocycles. The molecule has 0 aliphatic heterocycles. The molecule has 2 aromatic rings. The fourth-order valence-corrected chi connectivity index (χ4v) is 8.68. The summed E-state index contributed by atoms with van der Waals surface area (Å²) in [7, 11) is 0. The van der Waals surface area contributed by atoms with Crippen LogP contribution in [0.2, 0.25) is 0 Å². The molecule has 0 aliphatic rings. The van der Waals surface area contributed by atoms with E-state index in [9.17, 15) is 4.79 Å². The Kier molecular flexibility index (Phi) is 7.01. The van der Waals surface area contributed by atoms with Crippen LogP contribution in [0, 0.1) is 0 Å². The minimum atomic E-state index is -0.175. The second kappa shape index (κ2) is 8.30. The van der Waals surface area contributed by atoms with Crippen molar-refractivity contribution in [3.05, 3.63) is 17.6 Å². The summed E-state index contributed by atoms with van der Waals surface area (Å²) in [4.78, 5) is 13.0. The summed E-state index contributed by atoms with van der Waals surface area (Å²) in [6, 6.07) is 1.96. The molecule has 21 heavy (non-hydrogen) atoms. The number of rotatable bonds is 7. The van der Waals surface area contributed by atoms with E-state index in [2.05, 4.69) is 45.7 Å². The molecule has 1 unspecified atom stereocenters. The molecule has 2 nitrogen and oxygen atoms in total. The van der Waals surface area contributed by atoms with Crippen LogP contribution in [-0.4, -0.2) is 26.6 Å². The molecular weight excluding hydrogens is 483 g/mol. The van der Waals surface area contributed by atoms with E-state index in [0.29, 0.717) is 19.4 Å². The van der Waals surface area contributed by atoms with Crippen LogP contribution in [0.1, 0.15) is 55.6 Å². The number of fused-ring (bicyclic) bond motifs is 1. The first kappa shape index (κ1) is 17.7. The number of hydrogen-bond acceptors (Lipinski definition) is 3. The van der Waals surface area contributed by atoms with Gasteiger partial charge in [0.2, 0.25) is 0 Å². The Morgan fingerprint density at radius 3 is 2.71 bits per heavy atom. The molecule has 0 saturated heterocycles. The Bertz CT molecular complexity index is 586. The molecule has 0 saturated carbocycles. The molecule has 2 heterocycles. The summed E-state index contributed by atoms with van der Waals surface area (Å²) >= 11 is 9.04. The van der Waals surface area contributed by atoms with Gasteiger partial charge < -0.3 is 0 Å². The Balaban J connectivity index is 2.05. The molecule has 0 fully saturated rings. The number of ether oxygens (including phenoxy) is 1. The van der Waals surface area contributed by atoms with Crippen LogP contribution in [0.15, 0.2) is 12.8 Å². The zero-order chi connectivity index (χ0) is 15.4. The first-order valence-electron chi connectivity index (χ1n) is 7.15. The zero-order valence-electron chi connectivity index (χ0n) is 12.1. The average molecular weight is 501 g/mol. The monoisotopic (exact) mass is 500 g/mol. The first-order valence-corrected chi connectivity index (χ1v) is 11.3. The van der Waals surface area contributed by atoms with Crippen molar-refractivity contribution in [3.63, 3.8) is 0 Å². The topological polar surface area (TPSA) is 26.3 Å². The minimum absolute atomic E-state index is 0.0463. The molecule has 1 atom stereocenters. The van der Waals surface area contributed by atoms with E-state index in [-0.39, 0.29) is 12.1 Å². The van der Waals surface area contributed by atoms with Crippen molar-refractivity contribution in [1.29, 1.82) is 0 Å². The van der Waals surface area contributed by atoms with Gasteiger partial charge in [-0.05, 0) is 0 Å². The van der Waals surface area contributed by atoms with Gasteiger partial charge in [-0.25, -0.2) is 0 Å².